The molecule has 4 heterocycles. The van der Waals surface area contributed by atoms with Crippen LogP contribution in [0.4, 0.5) is 5.82 Å². The van der Waals surface area contributed by atoms with E-state index in [4.69, 9.17) is 4.74 Å². The molecule has 0 spiro atoms. The van der Waals surface area contributed by atoms with Gasteiger partial charge in [0.05, 0.1) is 11.8 Å². The molecule has 3 fully saturated rings. The molecule has 7 nitrogen and oxygen atoms in total. The van der Waals surface area contributed by atoms with E-state index < -0.39 is 0 Å². The first-order valence-corrected chi connectivity index (χ1v) is 9.78. The summed E-state index contributed by atoms with van der Waals surface area (Å²) in [7, 11) is 2.13. The molecule has 26 heavy (non-hydrogen) atoms. The molecule has 142 valence electrons. The zero-order valence-corrected chi connectivity index (χ0v) is 15.7. The van der Waals surface area contributed by atoms with Crippen molar-refractivity contribution < 1.29 is 9.53 Å². The summed E-state index contributed by atoms with van der Waals surface area (Å²) in [6.45, 7) is 5.78. The second-order valence-corrected chi connectivity index (χ2v) is 8.01. The zero-order valence-electron chi connectivity index (χ0n) is 15.7. The lowest BCUT2D eigenvalue weighted by Gasteiger charge is -2.34. The molecule has 0 aromatic carbocycles. The number of hydrogen-bond acceptors (Lipinski definition) is 6. The van der Waals surface area contributed by atoms with Gasteiger partial charge in [0.25, 0.3) is 0 Å². The van der Waals surface area contributed by atoms with E-state index in [2.05, 4.69) is 32.4 Å². The minimum atomic E-state index is -0.297. The predicted molar refractivity (Wildman–Crippen MR) is 99.0 cm³/mol. The Hall–Kier alpha value is -1.73. The van der Waals surface area contributed by atoms with Crippen LogP contribution in [-0.2, 0) is 9.53 Å². The Morgan fingerprint density at radius 2 is 2.00 bits per heavy atom. The van der Waals surface area contributed by atoms with E-state index in [0.717, 1.165) is 63.4 Å². The molecule has 1 amide bonds. The predicted octanol–water partition coefficient (Wildman–Crippen LogP) is 0.979. The van der Waals surface area contributed by atoms with Gasteiger partial charge in [-0.25, -0.2) is 0 Å². The van der Waals surface area contributed by atoms with Gasteiger partial charge in [-0.3, -0.25) is 4.79 Å². The average molecular weight is 359 g/mol. The Balaban J connectivity index is 1.31. The van der Waals surface area contributed by atoms with Crippen LogP contribution in [0.5, 0.6) is 0 Å². The first-order chi connectivity index (χ1) is 12.6. The highest BCUT2D eigenvalue weighted by atomic mass is 16.5. The molecule has 0 bridgehead atoms. The SMILES string of the molecule is Cc1ccc(N2CC[C@@H]3C[C@@H](C(=O)NC4CCN(C)CC4)O[C@H]3C2)nn1. The number of carbonyl (C=O) groups excluding carboxylic acids is 1. The van der Waals surface area contributed by atoms with Crippen molar-refractivity contribution in [3.05, 3.63) is 17.8 Å². The summed E-state index contributed by atoms with van der Waals surface area (Å²) in [5, 5.41) is 11.7. The molecule has 0 aliphatic carbocycles. The van der Waals surface area contributed by atoms with E-state index >= 15 is 0 Å². The first kappa shape index (κ1) is 17.7. The quantitative estimate of drug-likeness (QED) is 0.868. The number of nitrogens with zero attached hydrogens (tertiary/aromatic N) is 4. The fourth-order valence-electron chi connectivity index (χ4n) is 4.31. The van der Waals surface area contributed by atoms with Gasteiger partial charge in [-0.05, 0) is 70.8 Å². The number of anilines is 1. The number of hydrogen-bond donors (Lipinski definition) is 1. The molecule has 3 aliphatic heterocycles. The lowest BCUT2D eigenvalue weighted by Crippen LogP contribution is -2.47. The topological polar surface area (TPSA) is 70.6 Å². The van der Waals surface area contributed by atoms with Crippen molar-refractivity contribution in [2.75, 3.05) is 38.1 Å². The van der Waals surface area contributed by atoms with Crippen LogP contribution in [0.25, 0.3) is 0 Å². The van der Waals surface area contributed by atoms with Crippen molar-refractivity contribution in [2.24, 2.45) is 5.92 Å². The van der Waals surface area contributed by atoms with Crippen molar-refractivity contribution in [3.63, 3.8) is 0 Å². The Kier molecular flexibility index (Phi) is 5.09. The number of aryl methyl sites for hydroxylation is 1. The van der Waals surface area contributed by atoms with Crippen LogP contribution in [0.1, 0.15) is 31.4 Å². The molecule has 7 heteroatoms. The number of amides is 1. The van der Waals surface area contributed by atoms with Crippen LogP contribution in [0, 0.1) is 12.8 Å². The Morgan fingerprint density at radius 3 is 2.73 bits per heavy atom. The minimum absolute atomic E-state index is 0.0793. The molecular weight excluding hydrogens is 330 g/mol. The molecule has 3 saturated heterocycles. The normalized spacial score (nSPS) is 30.2. The molecule has 4 rings (SSSR count). The Labute approximate surface area is 155 Å². The number of aromatic nitrogens is 2. The van der Waals surface area contributed by atoms with Gasteiger partial charge in [0.15, 0.2) is 5.82 Å². The molecule has 3 atom stereocenters. The van der Waals surface area contributed by atoms with Crippen LogP contribution in [0.3, 0.4) is 0 Å². The summed E-state index contributed by atoms with van der Waals surface area (Å²) >= 11 is 0. The number of carbonyl (C=O) groups is 1. The highest BCUT2D eigenvalue weighted by Crippen LogP contribution is 2.34. The minimum Gasteiger partial charge on any atom is -0.363 e. The molecule has 1 aromatic heterocycles. The highest BCUT2D eigenvalue weighted by molar-refractivity contribution is 5.81. The smallest absolute Gasteiger partial charge is 0.249 e. The molecule has 1 N–H and O–H groups in total. The van der Waals surface area contributed by atoms with Crippen molar-refractivity contribution in [1.82, 2.24) is 20.4 Å². The van der Waals surface area contributed by atoms with E-state index in [0.29, 0.717) is 12.0 Å². The molecule has 1 aromatic rings. The lowest BCUT2D eigenvalue weighted by atomic mass is 9.91. The summed E-state index contributed by atoms with van der Waals surface area (Å²) in [5.74, 6) is 1.45. The van der Waals surface area contributed by atoms with Crippen LogP contribution in [0.2, 0.25) is 0 Å². The maximum absolute atomic E-state index is 12.6. The summed E-state index contributed by atoms with van der Waals surface area (Å²) in [6, 6.07) is 4.30. The third kappa shape index (κ3) is 3.83. The maximum Gasteiger partial charge on any atom is 0.249 e. The van der Waals surface area contributed by atoms with Gasteiger partial charge in [0.2, 0.25) is 5.91 Å². The summed E-state index contributed by atoms with van der Waals surface area (Å²) in [6.07, 6.45) is 3.76. The van der Waals surface area contributed by atoms with E-state index in [1.54, 1.807) is 0 Å². The molecular formula is C19H29N5O2. The van der Waals surface area contributed by atoms with Crippen molar-refractivity contribution in [2.45, 2.75) is 50.9 Å². The van der Waals surface area contributed by atoms with E-state index in [1.165, 1.54) is 0 Å². The van der Waals surface area contributed by atoms with Gasteiger partial charge < -0.3 is 19.9 Å². The van der Waals surface area contributed by atoms with Gasteiger partial charge >= 0.3 is 0 Å². The van der Waals surface area contributed by atoms with E-state index in [1.807, 2.05) is 19.1 Å². The number of ether oxygens (including phenoxy) is 1. The summed E-state index contributed by atoms with van der Waals surface area (Å²) in [5.41, 5.74) is 0.923. The second-order valence-electron chi connectivity index (χ2n) is 8.01. The van der Waals surface area contributed by atoms with Gasteiger partial charge in [-0.15, -0.1) is 5.10 Å². The van der Waals surface area contributed by atoms with Gasteiger partial charge in [-0.1, -0.05) is 0 Å². The van der Waals surface area contributed by atoms with Gasteiger partial charge in [0, 0.05) is 19.1 Å². The van der Waals surface area contributed by atoms with Crippen LogP contribution in [-0.4, -0.2) is 72.5 Å². The largest absolute Gasteiger partial charge is 0.363 e. The summed E-state index contributed by atoms with van der Waals surface area (Å²) < 4.78 is 6.15. The second kappa shape index (κ2) is 7.48. The van der Waals surface area contributed by atoms with E-state index in [9.17, 15) is 4.79 Å². The molecule has 0 radical (unpaired) electrons. The standard InChI is InChI=1S/C19H29N5O2/c1-13-3-4-18(22-21-13)24-10-5-14-11-16(26-17(14)12-24)19(25)20-15-6-8-23(2)9-7-15/h3-4,14-17H,5-12H2,1-2H3,(H,20,25)/t14-,16+,17+/m1/s1. The molecule has 3 aliphatic rings. The molecule has 0 saturated carbocycles. The third-order valence-electron chi connectivity index (χ3n) is 6.02. The number of fused-ring (bicyclic) bond motifs is 1. The Morgan fingerprint density at radius 1 is 1.19 bits per heavy atom. The summed E-state index contributed by atoms with van der Waals surface area (Å²) in [4.78, 5) is 17.2. The monoisotopic (exact) mass is 359 g/mol. The first-order valence-electron chi connectivity index (χ1n) is 9.78. The van der Waals surface area contributed by atoms with Crippen molar-refractivity contribution in [3.8, 4) is 0 Å². The van der Waals surface area contributed by atoms with Crippen LogP contribution < -0.4 is 10.2 Å². The van der Waals surface area contributed by atoms with Gasteiger partial charge in [-0.2, -0.15) is 5.10 Å². The fourth-order valence-corrected chi connectivity index (χ4v) is 4.31. The third-order valence-corrected chi connectivity index (χ3v) is 6.02. The van der Waals surface area contributed by atoms with Crippen LogP contribution >= 0.6 is 0 Å². The van der Waals surface area contributed by atoms with Crippen molar-refractivity contribution >= 4 is 11.7 Å². The van der Waals surface area contributed by atoms with E-state index in [-0.39, 0.29) is 18.1 Å². The average Bonchev–Trinajstić information content (AvgIpc) is 3.08. The maximum atomic E-state index is 12.6. The van der Waals surface area contributed by atoms with Crippen LogP contribution in [0.15, 0.2) is 12.1 Å². The molecule has 0 unspecified atom stereocenters. The number of rotatable bonds is 3. The highest BCUT2D eigenvalue weighted by Gasteiger charge is 2.42. The number of piperidine rings is 2. The Bertz CT molecular complexity index is 629. The van der Waals surface area contributed by atoms with Crippen molar-refractivity contribution in [1.29, 1.82) is 0 Å². The van der Waals surface area contributed by atoms with Gasteiger partial charge in [0.1, 0.15) is 6.10 Å². The lowest BCUT2D eigenvalue weighted by molar-refractivity contribution is -0.133. The number of likely N-dealkylation sites (tertiary alicyclic amines) is 1. The number of nitrogens with one attached hydrogen (secondary N) is 1. The fraction of sp³-hybridized carbons (Fsp3) is 0.737. The zero-order chi connectivity index (χ0) is 18.1.